The van der Waals surface area contributed by atoms with Crippen LogP contribution in [-0.4, -0.2) is 15.7 Å². The van der Waals surface area contributed by atoms with Crippen molar-refractivity contribution in [2.24, 2.45) is 0 Å². The van der Waals surface area contributed by atoms with E-state index in [-0.39, 0.29) is 10.7 Å². The molecular weight excluding hydrogens is 364 g/mol. The van der Waals surface area contributed by atoms with Gasteiger partial charge in [0.05, 0.1) is 32.8 Å². The molecule has 1 heterocycles. The van der Waals surface area contributed by atoms with Crippen LogP contribution in [0.3, 0.4) is 0 Å². The average Bonchev–Trinajstić information content (AvgIpc) is 2.86. The minimum absolute atomic E-state index is 0.0342. The SMILES string of the molecule is Cc1nn(-c2ccc(C(=O)Nc3cccc(Cl)c3F)cc2)c(C)c1Cl. The highest BCUT2D eigenvalue weighted by atomic mass is 35.5. The monoisotopic (exact) mass is 377 g/mol. The Morgan fingerprint density at radius 3 is 2.40 bits per heavy atom. The molecule has 1 N–H and O–H groups in total. The summed E-state index contributed by atoms with van der Waals surface area (Å²) in [6.07, 6.45) is 0. The van der Waals surface area contributed by atoms with Crippen molar-refractivity contribution in [3.8, 4) is 5.69 Å². The fourth-order valence-corrected chi connectivity index (χ4v) is 2.72. The van der Waals surface area contributed by atoms with E-state index in [4.69, 9.17) is 23.2 Å². The minimum atomic E-state index is -0.661. The fraction of sp³-hybridized carbons (Fsp3) is 0.111. The first kappa shape index (κ1) is 17.5. The van der Waals surface area contributed by atoms with E-state index in [9.17, 15) is 9.18 Å². The van der Waals surface area contributed by atoms with Crippen molar-refractivity contribution in [2.45, 2.75) is 13.8 Å². The fourth-order valence-electron chi connectivity index (χ4n) is 2.42. The molecule has 128 valence electrons. The molecule has 0 aliphatic heterocycles. The number of nitrogens with zero attached hydrogens (tertiary/aromatic N) is 2. The third-order valence-corrected chi connectivity index (χ3v) is 4.62. The van der Waals surface area contributed by atoms with Crippen LogP contribution in [0, 0.1) is 19.7 Å². The molecule has 0 spiro atoms. The highest BCUT2D eigenvalue weighted by Crippen LogP contribution is 2.24. The summed E-state index contributed by atoms with van der Waals surface area (Å²) in [7, 11) is 0. The Kier molecular flexibility index (Phi) is 4.79. The van der Waals surface area contributed by atoms with Gasteiger partial charge in [-0.2, -0.15) is 5.10 Å². The number of amides is 1. The summed E-state index contributed by atoms with van der Waals surface area (Å²) >= 11 is 11.9. The first-order valence-corrected chi connectivity index (χ1v) is 8.21. The summed E-state index contributed by atoms with van der Waals surface area (Å²) in [5.41, 5.74) is 2.75. The summed E-state index contributed by atoms with van der Waals surface area (Å²) in [4.78, 5) is 12.3. The van der Waals surface area contributed by atoms with Gasteiger partial charge in [-0.1, -0.05) is 29.3 Å². The van der Waals surface area contributed by atoms with Crippen molar-refractivity contribution in [2.75, 3.05) is 5.32 Å². The van der Waals surface area contributed by atoms with Gasteiger partial charge in [0.2, 0.25) is 0 Å². The van der Waals surface area contributed by atoms with Crippen LogP contribution in [0.15, 0.2) is 42.5 Å². The molecular formula is C18H14Cl2FN3O. The van der Waals surface area contributed by atoms with E-state index in [1.165, 1.54) is 12.1 Å². The quantitative estimate of drug-likeness (QED) is 0.682. The molecule has 0 atom stereocenters. The predicted octanol–water partition coefficient (Wildman–Crippen LogP) is 5.19. The predicted molar refractivity (Wildman–Crippen MR) is 97.4 cm³/mol. The molecule has 1 amide bonds. The Balaban J connectivity index is 1.83. The Labute approximate surface area is 154 Å². The van der Waals surface area contributed by atoms with Gasteiger partial charge in [0, 0.05) is 5.56 Å². The molecule has 25 heavy (non-hydrogen) atoms. The van der Waals surface area contributed by atoms with Crippen LogP contribution in [-0.2, 0) is 0 Å². The van der Waals surface area contributed by atoms with Gasteiger partial charge in [-0.15, -0.1) is 0 Å². The van der Waals surface area contributed by atoms with Crippen LogP contribution >= 0.6 is 23.2 Å². The second-order valence-electron chi connectivity index (χ2n) is 5.50. The van der Waals surface area contributed by atoms with Gasteiger partial charge >= 0.3 is 0 Å². The summed E-state index contributed by atoms with van der Waals surface area (Å²) in [5.74, 6) is -1.09. The maximum Gasteiger partial charge on any atom is 0.255 e. The maximum absolute atomic E-state index is 13.9. The zero-order chi connectivity index (χ0) is 18.1. The molecule has 3 aromatic rings. The van der Waals surface area contributed by atoms with Crippen LogP contribution in [0.5, 0.6) is 0 Å². The number of hydrogen-bond acceptors (Lipinski definition) is 2. The molecule has 0 saturated heterocycles. The number of carbonyl (C=O) groups excluding carboxylic acids is 1. The summed E-state index contributed by atoms with van der Waals surface area (Å²) in [5, 5.41) is 7.44. The van der Waals surface area contributed by atoms with Crippen LogP contribution in [0.2, 0.25) is 10.0 Å². The Morgan fingerprint density at radius 1 is 1.12 bits per heavy atom. The number of nitrogens with one attached hydrogen (secondary N) is 1. The van der Waals surface area contributed by atoms with E-state index >= 15 is 0 Å². The molecule has 4 nitrogen and oxygen atoms in total. The van der Waals surface area contributed by atoms with Crippen molar-refractivity contribution in [3.63, 3.8) is 0 Å². The molecule has 0 aliphatic carbocycles. The standard InChI is InChI=1S/C18H14Cl2FN3O/c1-10-16(20)11(2)24(23-10)13-8-6-12(7-9-13)18(25)22-15-5-3-4-14(19)17(15)21/h3-9H,1-2H3,(H,22,25). The Morgan fingerprint density at radius 2 is 1.80 bits per heavy atom. The van der Waals surface area contributed by atoms with Crippen molar-refractivity contribution >= 4 is 34.8 Å². The highest BCUT2D eigenvalue weighted by molar-refractivity contribution is 6.32. The van der Waals surface area contributed by atoms with E-state index in [1.54, 1.807) is 35.0 Å². The molecule has 2 aromatic carbocycles. The van der Waals surface area contributed by atoms with E-state index in [0.29, 0.717) is 10.6 Å². The van der Waals surface area contributed by atoms with Gasteiger partial charge in [-0.05, 0) is 50.2 Å². The molecule has 0 unspecified atom stereocenters. The third kappa shape index (κ3) is 3.38. The minimum Gasteiger partial charge on any atom is -0.319 e. The molecule has 0 bridgehead atoms. The first-order chi connectivity index (χ1) is 11.9. The average molecular weight is 378 g/mol. The smallest absolute Gasteiger partial charge is 0.255 e. The van der Waals surface area contributed by atoms with Gasteiger partial charge in [0.25, 0.3) is 5.91 Å². The van der Waals surface area contributed by atoms with E-state index in [2.05, 4.69) is 10.4 Å². The topological polar surface area (TPSA) is 46.9 Å². The summed E-state index contributed by atoms with van der Waals surface area (Å²) in [6.45, 7) is 3.69. The number of aromatic nitrogens is 2. The normalized spacial score (nSPS) is 10.8. The largest absolute Gasteiger partial charge is 0.319 e. The second kappa shape index (κ2) is 6.86. The lowest BCUT2D eigenvalue weighted by Gasteiger charge is -2.09. The molecule has 1 aromatic heterocycles. The highest BCUT2D eigenvalue weighted by Gasteiger charge is 2.13. The lowest BCUT2D eigenvalue weighted by molar-refractivity contribution is 0.102. The number of rotatable bonds is 3. The zero-order valence-corrected chi connectivity index (χ0v) is 15.0. The van der Waals surface area contributed by atoms with E-state index in [1.807, 2.05) is 13.8 Å². The molecule has 3 rings (SSSR count). The number of carbonyl (C=O) groups is 1. The van der Waals surface area contributed by atoms with Gasteiger partial charge in [0.15, 0.2) is 5.82 Å². The maximum atomic E-state index is 13.9. The number of hydrogen-bond donors (Lipinski definition) is 1. The number of anilines is 1. The van der Waals surface area contributed by atoms with Gasteiger partial charge < -0.3 is 5.32 Å². The van der Waals surface area contributed by atoms with E-state index < -0.39 is 11.7 Å². The summed E-state index contributed by atoms with van der Waals surface area (Å²) in [6, 6.07) is 11.2. The first-order valence-electron chi connectivity index (χ1n) is 7.46. The third-order valence-electron chi connectivity index (χ3n) is 3.78. The van der Waals surface area contributed by atoms with Crippen LogP contribution in [0.25, 0.3) is 5.69 Å². The lowest BCUT2D eigenvalue weighted by Crippen LogP contribution is -2.13. The van der Waals surface area contributed by atoms with Crippen molar-refractivity contribution in [1.82, 2.24) is 9.78 Å². The molecule has 0 aliphatic rings. The second-order valence-corrected chi connectivity index (χ2v) is 6.28. The zero-order valence-electron chi connectivity index (χ0n) is 13.5. The Hall–Kier alpha value is -2.37. The van der Waals surface area contributed by atoms with Crippen molar-refractivity contribution in [1.29, 1.82) is 0 Å². The van der Waals surface area contributed by atoms with Gasteiger partial charge in [-0.3, -0.25) is 4.79 Å². The molecule has 0 saturated carbocycles. The molecule has 0 fully saturated rings. The number of aryl methyl sites for hydroxylation is 1. The lowest BCUT2D eigenvalue weighted by atomic mass is 10.2. The van der Waals surface area contributed by atoms with Crippen LogP contribution in [0.1, 0.15) is 21.7 Å². The van der Waals surface area contributed by atoms with Gasteiger partial charge in [0.1, 0.15) is 0 Å². The Bertz CT molecular complexity index is 952. The van der Waals surface area contributed by atoms with Crippen molar-refractivity contribution in [3.05, 3.63) is 75.3 Å². The molecule has 7 heteroatoms. The van der Waals surface area contributed by atoms with Gasteiger partial charge in [-0.25, -0.2) is 9.07 Å². The van der Waals surface area contributed by atoms with E-state index in [0.717, 1.165) is 17.1 Å². The number of benzene rings is 2. The van der Waals surface area contributed by atoms with Crippen LogP contribution in [0.4, 0.5) is 10.1 Å². The van der Waals surface area contributed by atoms with Crippen LogP contribution < -0.4 is 5.32 Å². The van der Waals surface area contributed by atoms with Crippen molar-refractivity contribution < 1.29 is 9.18 Å². The summed E-state index contributed by atoms with van der Waals surface area (Å²) < 4.78 is 15.6. The number of halogens is 3. The molecule has 0 radical (unpaired) electrons.